The van der Waals surface area contributed by atoms with E-state index in [2.05, 4.69) is 18.6 Å². The zero-order valence-electron chi connectivity index (χ0n) is 20.5. The smallest absolute Gasteiger partial charge is 0.423 e. The number of methoxy groups -OCH3 is 1. The van der Waals surface area contributed by atoms with Crippen LogP contribution in [0.3, 0.4) is 0 Å². The van der Waals surface area contributed by atoms with Gasteiger partial charge >= 0.3 is 6.09 Å². The first kappa shape index (κ1) is 25.1. The van der Waals surface area contributed by atoms with Crippen LogP contribution >= 0.6 is 0 Å². The third-order valence-electron chi connectivity index (χ3n) is 7.52. The van der Waals surface area contributed by atoms with Gasteiger partial charge in [-0.3, -0.25) is 9.59 Å². The maximum absolute atomic E-state index is 13.7. The van der Waals surface area contributed by atoms with Crippen LogP contribution < -0.4 is 0 Å². The molecule has 2 heterocycles. The van der Waals surface area contributed by atoms with E-state index in [4.69, 9.17) is 4.74 Å². The van der Waals surface area contributed by atoms with Gasteiger partial charge in [-0.25, -0.2) is 9.18 Å². The summed E-state index contributed by atoms with van der Waals surface area (Å²) < 4.78 is 24.6. The molecule has 3 amide bonds. The number of likely N-dealkylation sites (tertiary alicyclic amines) is 1. The lowest BCUT2D eigenvalue weighted by molar-refractivity contribution is -0.137. The van der Waals surface area contributed by atoms with Gasteiger partial charge in [0.05, 0.1) is 31.7 Å². The van der Waals surface area contributed by atoms with Crippen LogP contribution in [0, 0.1) is 29.5 Å². The number of ether oxygens (including phenoxy) is 2. The van der Waals surface area contributed by atoms with Gasteiger partial charge in [0.15, 0.2) is 11.6 Å². The molecule has 7 nitrogen and oxygen atoms in total. The predicted octanol–water partition coefficient (Wildman–Crippen LogP) is 4.84. The summed E-state index contributed by atoms with van der Waals surface area (Å²) in [4.78, 5) is 38.9. The number of phenolic OH excluding ortho intramolecular Hbond substituents is 1. The molecule has 35 heavy (non-hydrogen) atoms. The maximum Gasteiger partial charge on any atom is 0.423 e. The van der Waals surface area contributed by atoms with Crippen molar-refractivity contribution in [3.8, 4) is 5.75 Å². The number of halogens is 1. The summed E-state index contributed by atoms with van der Waals surface area (Å²) in [6, 6.07) is 4.32. The van der Waals surface area contributed by atoms with Crippen LogP contribution in [0.15, 0.2) is 34.9 Å². The first-order valence-electron chi connectivity index (χ1n) is 12.2. The summed E-state index contributed by atoms with van der Waals surface area (Å²) in [6.07, 6.45) is 3.46. The quantitative estimate of drug-likeness (QED) is 0.458. The molecule has 1 aromatic carbocycles. The van der Waals surface area contributed by atoms with Crippen molar-refractivity contribution in [3.63, 3.8) is 0 Å². The summed E-state index contributed by atoms with van der Waals surface area (Å²) in [5.41, 5.74) is 4.03. The third kappa shape index (κ3) is 4.51. The minimum atomic E-state index is -0.930. The van der Waals surface area contributed by atoms with Crippen LogP contribution in [0.25, 0.3) is 6.08 Å². The summed E-state index contributed by atoms with van der Waals surface area (Å²) >= 11 is 0. The molecule has 0 unspecified atom stereocenters. The van der Waals surface area contributed by atoms with Gasteiger partial charge in [0.25, 0.3) is 0 Å². The fourth-order valence-electron chi connectivity index (χ4n) is 5.75. The van der Waals surface area contributed by atoms with Crippen LogP contribution in [0.5, 0.6) is 5.75 Å². The van der Waals surface area contributed by atoms with Gasteiger partial charge in [-0.2, -0.15) is 4.90 Å². The number of hydrogen-bond donors (Lipinski definition) is 1. The number of nitrogens with zero attached hydrogens (tertiary/aromatic N) is 1. The number of aromatic hydroxyl groups is 1. The molecule has 2 saturated heterocycles. The van der Waals surface area contributed by atoms with Crippen molar-refractivity contribution in [3.05, 3.63) is 46.3 Å². The second-order valence-corrected chi connectivity index (χ2v) is 9.79. The first-order valence-corrected chi connectivity index (χ1v) is 12.2. The Kier molecular flexibility index (Phi) is 7.12. The molecular weight excluding hydrogens is 453 g/mol. The largest absolute Gasteiger partial charge is 0.505 e. The van der Waals surface area contributed by atoms with Crippen LogP contribution in [0.1, 0.15) is 52.0 Å². The minimum absolute atomic E-state index is 0.175. The summed E-state index contributed by atoms with van der Waals surface area (Å²) in [5.74, 6) is -3.24. The van der Waals surface area contributed by atoms with Crippen molar-refractivity contribution < 1.29 is 33.4 Å². The maximum atomic E-state index is 13.7. The number of fused-ring (bicyclic) bond motifs is 3. The normalized spacial score (nSPS) is 26.5. The molecular formula is C27H32FNO6. The van der Waals surface area contributed by atoms with Gasteiger partial charge in [-0.05, 0) is 54.9 Å². The number of imide groups is 3. The number of amides is 3. The molecule has 0 saturated carbocycles. The number of carbonyl (C=O) groups excluding carboxylic acids is 3. The van der Waals surface area contributed by atoms with Crippen molar-refractivity contribution in [1.82, 2.24) is 4.90 Å². The Morgan fingerprint density at radius 1 is 1.29 bits per heavy atom. The lowest BCUT2D eigenvalue weighted by Crippen LogP contribution is -2.38. The van der Waals surface area contributed by atoms with Gasteiger partial charge in [0.1, 0.15) is 0 Å². The highest BCUT2D eigenvalue weighted by atomic mass is 19.1. The molecule has 0 bridgehead atoms. The average molecular weight is 486 g/mol. The van der Waals surface area contributed by atoms with Gasteiger partial charge in [-0.15, -0.1) is 0 Å². The van der Waals surface area contributed by atoms with E-state index in [9.17, 15) is 23.9 Å². The highest BCUT2D eigenvalue weighted by molar-refractivity contribution is 6.16. The Morgan fingerprint density at radius 2 is 2.03 bits per heavy atom. The molecule has 4 rings (SSSR count). The fraction of sp³-hybridized carbons (Fsp3) is 0.519. The highest BCUT2D eigenvalue weighted by Gasteiger charge is 2.59. The van der Waals surface area contributed by atoms with Crippen LogP contribution in [-0.4, -0.2) is 47.7 Å². The van der Waals surface area contributed by atoms with E-state index in [1.165, 1.54) is 12.1 Å². The highest BCUT2D eigenvalue weighted by Crippen LogP contribution is 2.51. The van der Waals surface area contributed by atoms with E-state index in [1.54, 1.807) is 6.07 Å². The minimum Gasteiger partial charge on any atom is -0.505 e. The molecule has 3 aliphatic rings. The molecule has 2 aliphatic heterocycles. The molecule has 1 aromatic rings. The molecule has 0 spiro atoms. The zero-order valence-corrected chi connectivity index (χ0v) is 20.5. The van der Waals surface area contributed by atoms with E-state index in [0.29, 0.717) is 29.9 Å². The van der Waals surface area contributed by atoms with E-state index >= 15 is 0 Å². The number of allylic oxidation sites excluding steroid dienone is 2. The topological polar surface area (TPSA) is 93.1 Å². The lowest BCUT2D eigenvalue weighted by Gasteiger charge is -2.33. The molecule has 2 fully saturated rings. The molecule has 0 radical (unpaired) electrons. The van der Waals surface area contributed by atoms with E-state index in [0.717, 1.165) is 36.7 Å². The number of hydrogen-bond acceptors (Lipinski definition) is 6. The number of benzene rings is 1. The SMILES string of the molecule is CC/C(=C\c1ccc(O)c(F)c1)CC[C@H]1OC[C@H]2C1=C(C(C)C)C[C@H]1C(=O)N(C(=O)OC)C(=O)[C@H]12. The van der Waals surface area contributed by atoms with Gasteiger partial charge in [-0.1, -0.05) is 44.1 Å². The molecule has 188 valence electrons. The first-order chi connectivity index (χ1) is 16.7. The summed E-state index contributed by atoms with van der Waals surface area (Å²) in [6.45, 7) is 6.52. The average Bonchev–Trinajstić information content (AvgIpc) is 3.36. The van der Waals surface area contributed by atoms with Crippen LogP contribution in [-0.2, 0) is 19.1 Å². The molecule has 0 aromatic heterocycles. The molecule has 8 heteroatoms. The standard InChI is InChI=1S/C27H32FNO6/c1-5-15(10-16-6-8-21(30)20(28)11-16)7-9-22-23-17(14(2)3)12-18-24(19(23)13-35-22)26(32)29(25(18)31)27(33)34-4/h6,8,10-11,14,18-19,22,24,30H,5,7,9,12-13H2,1-4H3/b15-10+/t18-,19+,22-,24-/m1/s1. The van der Waals surface area contributed by atoms with E-state index in [-0.39, 0.29) is 23.7 Å². The van der Waals surface area contributed by atoms with Crippen molar-refractivity contribution in [2.45, 2.75) is 52.6 Å². The number of phenols is 1. The lowest BCUT2D eigenvalue weighted by atomic mass is 9.67. The zero-order chi connectivity index (χ0) is 25.4. The number of carbonyl (C=O) groups is 3. The number of rotatable bonds is 6. The summed E-state index contributed by atoms with van der Waals surface area (Å²) in [7, 11) is 1.16. The van der Waals surface area contributed by atoms with Crippen molar-refractivity contribution in [2.24, 2.45) is 23.7 Å². The third-order valence-corrected chi connectivity index (χ3v) is 7.52. The Morgan fingerprint density at radius 3 is 2.66 bits per heavy atom. The van der Waals surface area contributed by atoms with E-state index < -0.39 is 35.6 Å². The molecule has 1 N–H and O–H groups in total. The monoisotopic (exact) mass is 485 g/mol. The Hall–Kier alpha value is -3.00. The van der Waals surface area contributed by atoms with Gasteiger partial charge < -0.3 is 14.6 Å². The van der Waals surface area contributed by atoms with Gasteiger partial charge in [0, 0.05) is 5.92 Å². The van der Waals surface area contributed by atoms with E-state index in [1.807, 2.05) is 13.0 Å². The summed E-state index contributed by atoms with van der Waals surface area (Å²) in [5, 5.41) is 9.43. The van der Waals surface area contributed by atoms with Crippen molar-refractivity contribution >= 4 is 24.0 Å². The van der Waals surface area contributed by atoms with Crippen LogP contribution in [0.2, 0.25) is 0 Å². The van der Waals surface area contributed by atoms with Crippen molar-refractivity contribution in [1.29, 1.82) is 0 Å². The Labute approximate surface area is 204 Å². The van der Waals surface area contributed by atoms with Crippen LogP contribution in [0.4, 0.5) is 9.18 Å². The molecule has 4 atom stereocenters. The fourth-order valence-corrected chi connectivity index (χ4v) is 5.75. The van der Waals surface area contributed by atoms with Crippen molar-refractivity contribution in [2.75, 3.05) is 13.7 Å². The Bertz CT molecular complexity index is 1110. The predicted molar refractivity (Wildman–Crippen MR) is 127 cm³/mol. The second-order valence-electron chi connectivity index (χ2n) is 9.79. The Balaban J connectivity index is 1.57. The second kappa shape index (κ2) is 9.93. The molecule has 1 aliphatic carbocycles. The van der Waals surface area contributed by atoms with Gasteiger partial charge in [0.2, 0.25) is 11.8 Å².